The average Bonchev–Trinajstić information content (AvgIpc) is 2.83. The number of alkyl halides is 2. The summed E-state index contributed by atoms with van der Waals surface area (Å²) in [7, 11) is 0. The van der Waals surface area contributed by atoms with Gasteiger partial charge in [-0.05, 0) is 23.8 Å². The van der Waals surface area contributed by atoms with Crippen molar-refractivity contribution in [3.8, 4) is 0 Å². The van der Waals surface area contributed by atoms with Crippen LogP contribution in [0.15, 0.2) is 66.7 Å². The van der Waals surface area contributed by atoms with Gasteiger partial charge in [0.25, 0.3) is 0 Å². The van der Waals surface area contributed by atoms with E-state index in [2.05, 4.69) is 15.6 Å². The van der Waals surface area contributed by atoms with Crippen LogP contribution in [-0.4, -0.2) is 55.2 Å². The second-order valence-corrected chi connectivity index (χ2v) is 8.96. The summed E-state index contributed by atoms with van der Waals surface area (Å²) in [5, 5.41) is 6.03. The van der Waals surface area contributed by atoms with Gasteiger partial charge < -0.3 is 20.3 Å². The minimum absolute atomic E-state index is 0.306. The summed E-state index contributed by atoms with van der Waals surface area (Å²) in [5.41, 5.74) is 2.37. The number of carbonyl (C=O) groups is 1. The molecule has 0 bridgehead atoms. The fourth-order valence-electron chi connectivity index (χ4n) is 3.46. The van der Waals surface area contributed by atoms with E-state index in [1.165, 1.54) is 18.5 Å². The highest BCUT2D eigenvalue weighted by atomic mass is 35.5. The molecular weight excluding hydrogens is 502 g/mol. The number of benzene rings is 1. The number of nitrogens with one attached hydrogen (secondary N) is 2. The van der Waals surface area contributed by atoms with Gasteiger partial charge in [-0.15, -0.1) is 11.6 Å². The summed E-state index contributed by atoms with van der Waals surface area (Å²) in [5.74, 6) is 0. The van der Waals surface area contributed by atoms with E-state index in [-0.39, 0.29) is 6.10 Å². The Morgan fingerprint density at radius 2 is 1.94 bits per heavy atom. The van der Waals surface area contributed by atoms with Crippen molar-refractivity contribution in [1.29, 1.82) is 0 Å². The molecule has 1 amide bonds. The Morgan fingerprint density at radius 3 is 2.62 bits per heavy atom. The molecule has 3 rings (SSSR count). The van der Waals surface area contributed by atoms with Crippen LogP contribution in [0.3, 0.4) is 0 Å². The Morgan fingerprint density at radius 1 is 1.21 bits per heavy atom. The first-order valence-electron chi connectivity index (χ1n) is 10.8. The van der Waals surface area contributed by atoms with Crippen LogP contribution in [0.25, 0.3) is 0 Å². The molecule has 3 atom stereocenters. The summed E-state index contributed by atoms with van der Waals surface area (Å²) >= 11 is 18.9. The first-order chi connectivity index (χ1) is 16.5. The van der Waals surface area contributed by atoms with Crippen molar-refractivity contribution in [2.24, 2.45) is 0 Å². The van der Waals surface area contributed by atoms with Crippen molar-refractivity contribution in [3.63, 3.8) is 0 Å². The monoisotopic (exact) mass is 526 g/mol. The number of halogens is 4. The number of allylic oxidation sites excluding steroid dienone is 3. The lowest BCUT2D eigenvalue weighted by molar-refractivity contribution is -0.110. The number of aromatic nitrogens is 1. The average molecular weight is 528 g/mol. The standard InChI is InChI=1S/C24H26Cl3FN4O2/c25-20-10-18(6-7-23(20)28)31-8-9-32(24-21(26)12-29-13-22(24)27)14-19(11-30-16-33)34-15-17-4-2-1-3-5-17/h1-7,10,12-13,16,19-20,23,31H,8-9,11,14-15H2,(H,30,33). The molecule has 1 aliphatic rings. The molecule has 1 heterocycles. The van der Waals surface area contributed by atoms with Crippen LogP contribution in [0.1, 0.15) is 5.56 Å². The highest BCUT2D eigenvalue weighted by Crippen LogP contribution is 2.32. The molecule has 0 aliphatic heterocycles. The van der Waals surface area contributed by atoms with E-state index >= 15 is 0 Å². The van der Waals surface area contributed by atoms with E-state index in [0.29, 0.717) is 54.9 Å². The Bertz CT molecular complexity index is 973. The molecule has 1 aromatic carbocycles. The van der Waals surface area contributed by atoms with Gasteiger partial charge in [-0.2, -0.15) is 0 Å². The molecule has 34 heavy (non-hydrogen) atoms. The van der Waals surface area contributed by atoms with Crippen LogP contribution in [0.2, 0.25) is 10.0 Å². The second-order valence-electron chi connectivity index (χ2n) is 7.64. The molecule has 3 unspecified atom stereocenters. The van der Waals surface area contributed by atoms with Crippen LogP contribution in [-0.2, 0) is 16.1 Å². The largest absolute Gasteiger partial charge is 0.383 e. The molecular formula is C24H26Cl3FN4O2. The third-order valence-electron chi connectivity index (χ3n) is 5.14. The number of ether oxygens (including phenoxy) is 1. The van der Waals surface area contributed by atoms with E-state index in [0.717, 1.165) is 11.3 Å². The molecule has 0 spiro atoms. The van der Waals surface area contributed by atoms with Crippen LogP contribution >= 0.6 is 34.8 Å². The second kappa shape index (κ2) is 13.5. The number of pyridine rings is 1. The predicted octanol–water partition coefficient (Wildman–Crippen LogP) is 4.52. The molecule has 0 saturated carbocycles. The number of nitrogens with zero attached hydrogens (tertiary/aromatic N) is 2. The zero-order chi connectivity index (χ0) is 24.3. The Balaban J connectivity index is 1.72. The first-order valence-corrected chi connectivity index (χ1v) is 12.0. The van der Waals surface area contributed by atoms with Gasteiger partial charge in [-0.25, -0.2) is 4.39 Å². The van der Waals surface area contributed by atoms with Crippen molar-refractivity contribution < 1.29 is 13.9 Å². The van der Waals surface area contributed by atoms with Crippen molar-refractivity contribution in [3.05, 3.63) is 82.3 Å². The molecule has 0 radical (unpaired) electrons. The SMILES string of the molecule is O=CNCC(CN(CCNC1=CC(Cl)C(F)C=C1)c1c(Cl)cncc1Cl)OCc1ccccc1. The summed E-state index contributed by atoms with van der Waals surface area (Å²) in [6.07, 6.45) is 6.87. The molecule has 2 aromatic rings. The third-order valence-corrected chi connectivity index (χ3v) is 6.06. The van der Waals surface area contributed by atoms with Gasteiger partial charge in [0.2, 0.25) is 6.41 Å². The lowest BCUT2D eigenvalue weighted by Crippen LogP contribution is -2.42. The molecule has 1 aliphatic carbocycles. The topological polar surface area (TPSA) is 66.5 Å². The molecule has 10 heteroatoms. The molecule has 2 N–H and O–H groups in total. The predicted molar refractivity (Wildman–Crippen MR) is 135 cm³/mol. The normalized spacial score (nSPS) is 18.2. The molecule has 0 saturated heterocycles. The third kappa shape index (κ3) is 7.87. The summed E-state index contributed by atoms with van der Waals surface area (Å²) in [6, 6.07) is 9.77. The molecule has 182 valence electrons. The van der Waals surface area contributed by atoms with Gasteiger partial charge >= 0.3 is 0 Å². The molecule has 6 nitrogen and oxygen atoms in total. The minimum atomic E-state index is -1.20. The number of hydrogen-bond acceptors (Lipinski definition) is 5. The van der Waals surface area contributed by atoms with E-state index in [4.69, 9.17) is 39.5 Å². The smallest absolute Gasteiger partial charge is 0.207 e. The van der Waals surface area contributed by atoms with E-state index in [1.54, 1.807) is 12.2 Å². The number of anilines is 1. The summed E-state index contributed by atoms with van der Waals surface area (Å²) in [6.45, 7) is 2.08. The van der Waals surface area contributed by atoms with E-state index < -0.39 is 11.5 Å². The lowest BCUT2D eigenvalue weighted by Gasteiger charge is -2.31. The van der Waals surface area contributed by atoms with E-state index in [9.17, 15) is 9.18 Å². The number of rotatable bonds is 13. The van der Waals surface area contributed by atoms with Gasteiger partial charge in [0.15, 0.2) is 0 Å². The maximum Gasteiger partial charge on any atom is 0.207 e. The van der Waals surface area contributed by atoms with Gasteiger partial charge in [0.1, 0.15) is 6.17 Å². The molecule has 0 fully saturated rings. The maximum atomic E-state index is 13.6. The van der Waals surface area contributed by atoms with Crippen molar-refractivity contribution >= 4 is 46.9 Å². The van der Waals surface area contributed by atoms with Crippen LogP contribution in [0.5, 0.6) is 0 Å². The van der Waals surface area contributed by atoms with Gasteiger partial charge in [0.05, 0.1) is 33.8 Å². The highest BCUT2D eigenvalue weighted by molar-refractivity contribution is 6.38. The quantitative estimate of drug-likeness (QED) is 0.296. The minimum Gasteiger partial charge on any atom is -0.383 e. The number of amides is 1. The fourth-order valence-corrected chi connectivity index (χ4v) is 4.29. The first kappa shape index (κ1) is 26.3. The Kier molecular flexibility index (Phi) is 10.5. The van der Waals surface area contributed by atoms with Gasteiger partial charge in [-0.1, -0.05) is 53.5 Å². The van der Waals surface area contributed by atoms with E-state index in [1.807, 2.05) is 35.2 Å². The Labute approximate surface area is 213 Å². The zero-order valence-corrected chi connectivity index (χ0v) is 20.6. The van der Waals surface area contributed by atoms with Crippen molar-refractivity contribution in [2.75, 3.05) is 31.1 Å². The highest BCUT2D eigenvalue weighted by Gasteiger charge is 2.21. The van der Waals surface area contributed by atoms with Crippen molar-refractivity contribution in [1.82, 2.24) is 15.6 Å². The summed E-state index contributed by atoms with van der Waals surface area (Å²) in [4.78, 5) is 17.0. The van der Waals surface area contributed by atoms with Crippen LogP contribution in [0, 0.1) is 0 Å². The van der Waals surface area contributed by atoms with Crippen molar-refractivity contribution in [2.45, 2.75) is 24.3 Å². The van der Waals surface area contributed by atoms with Crippen LogP contribution < -0.4 is 15.5 Å². The van der Waals surface area contributed by atoms with Crippen LogP contribution in [0.4, 0.5) is 10.1 Å². The lowest BCUT2D eigenvalue weighted by atomic mass is 10.1. The van der Waals surface area contributed by atoms with Gasteiger partial charge in [0, 0.05) is 44.3 Å². The number of carbonyl (C=O) groups excluding carboxylic acids is 1. The maximum absolute atomic E-state index is 13.6. The molecule has 1 aromatic heterocycles. The fraction of sp³-hybridized carbons (Fsp3) is 0.333. The summed E-state index contributed by atoms with van der Waals surface area (Å²) < 4.78 is 19.7. The Hall–Kier alpha value is -2.32. The number of hydrogen-bond donors (Lipinski definition) is 2. The van der Waals surface area contributed by atoms with Gasteiger partial charge in [-0.3, -0.25) is 9.78 Å². The zero-order valence-electron chi connectivity index (χ0n) is 18.3.